The zero-order valence-corrected chi connectivity index (χ0v) is 16.8. The Morgan fingerprint density at radius 1 is 1.11 bits per heavy atom. The Bertz CT molecular complexity index is 864. The second-order valence-electron chi connectivity index (χ2n) is 5.66. The lowest BCUT2D eigenvalue weighted by atomic mass is 10.1. The number of benzene rings is 2. The van der Waals surface area contributed by atoms with E-state index in [4.69, 9.17) is 37.8 Å². The minimum absolute atomic E-state index is 0.0771. The normalized spacial score (nSPS) is 10.4. The summed E-state index contributed by atoms with van der Waals surface area (Å²) in [7, 11) is 0. The number of amides is 1. The number of phenols is 1. The molecule has 0 saturated heterocycles. The van der Waals surface area contributed by atoms with Gasteiger partial charge in [0.05, 0.1) is 22.3 Å². The molecule has 0 aliphatic carbocycles. The molecule has 0 heterocycles. The summed E-state index contributed by atoms with van der Waals surface area (Å²) < 4.78 is 10.6. The number of aliphatic carboxylic acids is 1. The van der Waals surface area contributed by atoms with Gasteiger partial charge in [-0.25, -0.2) is 4.79 Å². The Hall–Kier alpha value is -2.64. The van der Waals surface area contributed by atoms with Gasteiger partial charge in [0, 0.05) is 0 Å². The lowest BCUT2D eigenvalue weighted by Crippen LogP contribution is -2.36. The number of ether oxygens (including phenoxy) is 2. The summed E-state index contributed by atoms with van der Waals surface area (Å²) in [6.45, 7) is 2.96. The number of carbonyl (C=O) groups excluding carboxylic acids is 1. The molecule has 0 saturated carbocycles. The Balaban J connectivity index is 2.37. The number of rotatable bonds is 7. The van der Waals surface area contributed by atoms with Gasteiger partial charge in [0.25, 0.3) is 0 Å². The fourth-order valence-electron chi connectivity index (χ4n) is 2.42. The molecule has 0 bridgehead atoms. The maximum atomic E-state index is 12.1. The van der Waals surface area contributed by atoms with Gasteiger partial charge in [0.2, 0.25) is 0 Å². The number of halogens is 2. The summed E-state index contributed by atoms with van der Waals surface area (Å²) in [6, 6.07) is 7.45. The third kappa shape index (κ3) is 5.21. The van der Waals surface area contributed by atoms with Crippen LogP contribution in [0.15, 0.2) is 30.3 Å². The Morgan fingerprint density at radius 2 is 1.75 bits per heavy atom. The van der Waals surface area contributed by atoms with E-state index >= 15 is 0 Å². The van der Waals surface area contributed by atoms with Crippen molar-refractivity contribution in [1.82, 2.24) is 0 Å². The lowest BCUT2D eigenvalue weighted by Gasteiger charge is -2.21. The highest BCUT2D eigenvalue weighted by Crippen LogP contribution is 2.40. The average Bonchev–Trinajstić information content (AvgIpc) is 2.63. The van der Waals surface area contributed by atoms with E-state index in [1.54, 1.807) is 19.1 Å². The molecule has 150 valence electrons. The van der Waals surface area contributed by atoms with Crippen molar-refractivity contribution in [1.29, 1.82) is 0 Å². The van der Waals surface area contributed by atoms with Crippen LogP contribution in [0.3, 0.4) is 0 Å². The molecule has 0 aromatic heterocycles. The summed E-state index contributed by atoms with van der Waals surface area (Å²) >= 11 is 12.5. The van der Waals surface area contributed by atoms with Crippen LogP contribution in [0.1, 0.15) is 19.4 Å². The summed E-state index contributed by atoms with van der Waals surface area (Å²) in [5.41, 5.74) is 0.847. The van der Waals surface area contributed by atoms with Crippen molar-refractivity contribution < 1.29 is 29.3 Å². The number of phenolic OH excluding ortho intramolecular Hbond substituents is 1. The van der Waals surface area contributed by atoms with Crippen LogP contribution in [-0.4, -0.2) is 35.4 Å². The molecule has 2 aromatic rings. The largest absolute Gasteiger partial charge is 0.508 e. The predicted molar refractivity (Wildman–Crippen MR) is 106 cm³/mol. The first-order valence-electron chi connectivity index (χ1n) is 8.41. The van der Waals surface area contributed by atoms with Gasteiger partial charge in [-0.2, -0.15) is 0 Å². The molecule has 7 nitrogen and oxygen atoms in total. The van der Waals surface area contributed by atoms with Gasteiger partial charge in [-0.1, -0.05) is 30.1 Å². The highest BCUT2D eigenvalue weighted by molar-refractivity contribution is 6.37. The Kier molecular flexibility index (Phi) is 7.37. The summed E-state index contributed by atoms with van der Waals surface area (Å²) in [5.74, 6) is -0.518. The SMILES string of the molecule is CCOC(=O)N(CC(=O)O)c1cc(Cl)c(Oc2ccc(O)c(CC)c2)c(Cl)c1. The van der Waals surface area contributed by atoms with E-state index in [1.807, 2.05) is 6.92 Å². The van der Waals surface area contributed by atoms with Crippen molar-refractivity contribution in [3.63, 3.8) is 0 Å². The fourth-order valence-corrected chi connectivity index (χ4v) is 2.98. The van der Waals surface area contributed by atoms with Crippen LogP contribution in [0, 0.1) is 0 Å². The summed E-state index contributed by atoms with van der Waals surface area (Å²) in [6.07, 6.45) is -0.232. The molecule has 2 rings (SSSR count). The standard InChI is InChI=1S/C19H19Cl2NO6/c1-3-11-7-13(5-6-16(11)23)28-18-14(20)8-12(9-15(18)21)22(10-17(24)25)19(26)27-4-2/h5-9,23H,3-4,10H2,1-2H3,(H,24,25). The molecule has 0 aliphatic heterocycles. The van der Waals surface area contributed by atoms with Gasteiger partial charge < -0.3 is 19.7 Å². The molecule has 0 spiro atoms. The smallest absolute Gasteiger partial charge is 0.414 e. The van der Waals surface area contributed by atoms with Crippen molar-refractivity contribution in [2.45, 2.75) is 20.3 Å². The van der Waals surface area contributed by atoms with Gasteiger partial charge >= 0.3 is 12.1 Å². The lowest BCUT2D eigenvalue weighted by molar-refractivity contribution is -0.135. The quantitative estimate of drug-likeness (QED) is 0.637. The van der Waals surface area contributed by atoms with Gasteiger partial charge in [-0.05, 0) is 49.2 Å². The number of aromatic hydroxyl groups is 1. The Labute approximate surface area is 172 Å². The monoisotopic (exact) mass is 427 g/mol. The Morgan fingerprint density at radius 3 is 2.29 bits per heavy atom. The van der Waals surface area contributed by atoms with Crippen LogP contribution < -0.4 is 9.64 Å². The highest BCUT2D eigenvalue weighted by Gasteiger charge is 2.23. The van der Waals surface area contributed by atoms with E-state index in [0.717, 1.165) is 4.90 Å². The maximum Gasteiger partial charge on any atom is 0.414 e. The molecule has 0 aliphatic rings. The minimum Gasteiger partial charge on any atom is -0.508 e. The average molecular weight is 428 g/mol. The first kappa shape index (κ1) is 21.7. The first-order chi connectivity index (χ1) is 13.3. The van der Waals surface area contributed by atoms with E-state index in [1.165, 1.54) is 18.2 Å². The van der Waals surface area contributed by atoms with Gasteiger partial charge in [-0.3, -0.25) is 9.69 Å². The number of carboxylic acids is 1. The summed E-state index contributed by atoms with van der Waals surface area (Å²) in [4.78, 5) is 24.1. The van der Waals surface area contributed by atoms with E-state index in [-0.39, 0.29) is 33.8 Å². The van der Waals surface area contributed by atoms with Crippen molar-refractivity contribution in [3.05, 3.63) is 45.9 Å². The fraction of sp³-hybridized carbons (Fsp3) is 0.263. The molecule has 2 aromatic carbocycles. The van der Waals surface area contributed by atoms with Crippen LogP contribution in [0.4, 0.5) is 10.5 Å². The number of nitrogens with zero attached hydrogens (tertiary/aromatic N) is 1. The second kappa shape index (κ2) is 9.52. The minimum atomic E-state index is -1.23. The van der Waals surface area contributed by atoms with E-state index in [0.29, 0.717) is 17.7 Å². The van der Waals surface area contributed by atoms with E-state index in [9.17, 15) is 14.7 Å². The molecule has 1 amide bonds. The van der Waals surface area contributed by atoms with Gasteiger partial charge in [0.1, 0.15) is 18.0 Å². The summed E-state index contributed by atoms with van der Waals surface area (Å²) in [5, 5.41) is 19.0. The van der Waals surface area contributed by atoms with Gasteiger partial charge in [-0.15, -0.1) is 0 Å². The molecule has 2 N–H and O–H groups in total. The molecule has 0 fully saturated rings. The van der Waals surface area contributed by atoms with Crippen LogP contribution in [0.5, 0.6) is 17.2 Å². The molecule has 9 heteroatoms. The van der Waals surface area contributed by atoms with Crippen LogP contribution in [0.25, 0.3) is 0 Å². The van der Waals surface area contributed by atoms with E-state index in [2.05, 4.69) is 0 Å². The van der Waals surface area contributed by atoms with E-state index < -0.39 is 18.6 Å². The molecule has 0 atom stereocenters. The molecular formula is C19H19Cl2NO6. The number of aryl methyl sites for hydroxylation is 1. The van der Waals surface area contributed by atoms with Crippen molar-refractivity contribution in [2.24, 2.45) is 0 Å². The zero-order valence-electron chi connectivity index (χ0n) is 15.2. The number of hydrogen-bond acceptors (Lipinski definition) is 5. The first-order valence-corrected chi connectivity index (χ1v) is 9.17. The van der Waals surface area contributed by atoms with Crippen molar-refractivity contribution in [2.75, 3.05) is 18.1 Å². The third-order valence-corrected chi connectivity index (χ3v) is 4.29. The predicted octanol–water partition coefficient (Wildman–Crippen LogP) is 5.10. The van der Waals surface area contributed by atoms with Crippen molar-refractivity contribution >= 4 is 41.0 Å². The van der Waals surface area contributed by atoms with Gasteiger partial charge in [0.15, 0.2) is 5.75 Å². The number of carbonyl (C=O) groups is 2. The van der Waals surface area contributed by atoms with Crippen molar-refractivity contribution in [3.8, 4) is 17.2 Å². The molecule has 0 unspecified atom stereocenters. The molecule has 0 radical (unpaired) electrons. The van der Waals surface area contributed by atoms with Crippen LogP contribution in [0.2, 0.25) is 10.0 Å². The zero-order chi connectivity index (χ0) is 20.8. The molecular weight excluding hydrogens is 409 g/mol. The number of hydrogen-bond donors (Lipinski definition) is 2. The van der Waals surface area contributed by atoms with Crippen LogP contribution >= 0.6 is 23.2 Å². The number of anilines is 1. The van der Waals surface area contributed by atoms with Crippen LogP contribution in [-0.2, 0) is 16.0 Å². The molecule has 28 heavy (non-hydrogen) atoms. The maximum absolute atomic E-state index is 12.1. The third-order valence-electron chi connectivity index (χ3n) is 3.73. The number of carboxylic acid groups (broad SMARTS) is 1. The topological polar surface area (TPSA) is 96.3 Å². The second-order valence-corrected chi connectivity index (χ2v) is 6.48. The highest BCUT2D eigenvalue weighted by atomic mass is 35.5.